The lowest BCUT2D eigenvalue weighted by molar-refractivity contribution is -0.132. The molecule has 3 aromatic heterocycles. The number of hydrogen-bond donors (Lipinski definition) is 0. The zero-order chi connectivity index (χ0) is 18.9. The molecule has 4 heterocycles. The van der Waals surface area contributed by atoms with Gasteiger partial charge < -0.3 is 9.42 Å². The maximum atomic E-state index is 12.9. The Morgan fingerprint density at radius 1 is 1.25 bits per heavy atom. The van der Waals surface area contributed by atoms with Crippen molar-refractivity contribution in [3.63, 3.8) is 0 Å². The van der Waals surface area contributed by atoms with E-state index in [1.165, 1.54) is 4.70 Å². The lowest BCUT2D eigenvalue weighted by Crippen LogP contribution is -2.30. The van der Waals surface area contributed by atoms with Crippen LogP contribution in [0.4, 0.5) is 0 Å². The number of benzene rings is 1. The third kappa shape index (κ3) is 3.33. The molecule has 1 amide bonds. The summed E-state index contributed by atoms with van der Waals surface area (Å²) in [6.07, 6.45) is 2.80. The highest BCUT2D eigenvalue weighted by Crippen LogP contribution is 2.36. The van der Waals surface area contributed by atoms with Crippen molar-refractivity contribution < 1.29 is 9.32 Å². The fraction of sp³-hybridized carbons (Fsp3) is 0.300. The SMILES string of the molecule is O=C(CCc1nc(-c2ccsc2)no1)N1CCCC1c1nc2ccccc2s1. The second-order valence-corrected chi connectivity index (χ2v) is 8.63. The van der Waals surface area contributed by atoms with Crippen molar-refractivity contribution in [2.45, 2.75) is 31.7 Å². The number of fused-ring (bicyclic) bond motifs is 1. The van der Waals surface area contributed by atoms with Crippen molar-refractivity contribution in [3.05, 3.63) is 52.0 Å². The number of amides is 1. The Kier molecular flexibility index (Phi) is 4.66. The van der Waals surface area contributed by atoms with E-state index < -0.39 is 0 Å². The van der Waals surface area contributed by atoms with Crippen LogP contribution < -0.4 is 0 Å². The number of aryl methyl sites for hydroxylation is 1. The zero-order valence-electron chi connectivity index (χ0n) is 15.1. The first-order valence-electron chi connectivity index (χ1n) is 9.28. The Balaban J connectivity index is 1.27. The molecule has 5 rings (SSSR count). The molecule has 142 valence electrons. The van der Waals surface area contributed by atoms with E-state index in [2.05, 4.69) is 16.2 Å². The van der Waals surface area contributed by atoms with E-state index in [0.29, 0.717) is 24.6 Å². The first-order chi connectivity index (χ1) is 13.8. The van der Waals surface area contributed by atoms with Gasteiger partial charge in [0.1, 0.15) is 5.01 Å². The molecule has 8 heteroatoms. The number of carbonyl (C=O) groups is 1. The van der Waals surface area contributed by atoms with E-state index in [-0.39, 0.29) is 11.9 Å². The summed E-state index contributed by atoms with van der Waals surface area (Å²) in [5.41, 5.74) is 1.95. The first-order valence-corrected chi connectivity index (χ1v) is 11.0. The highest BCUT2D eigenvalue weighted by Gasteiger charge is 2.32. The number of rotatable bonds is 5. The summed E-state index contributed by atoms with van der Waals surface area (Å²) in [6, 6.07) is 10.2. The van der Waals surface area contributed by atoms with Gasteiger partial charge in [-0.15, -0.1) is 11.3 Å². The molecule has 1 atom stereocenters. The second kappa shape index (κ2) is 7.44. The summed E-state index contributed by atoms with van der Waals surface area (Å²) in [5, 5.41) is 9.00. The molecule has 1 saturated heterocycles. The monoisotopic (exact) mass is 410 g/mol. The maximum absolute atomic E-state index is 12.9. The zero-order valence-corrected chi connectivity index (χ0v) is 16.7. The molecule has 1 aromatic carbocycles. The third-order valence-electron chi connectivity index (χ3n) is 4.97. The van der Waals surface area contributed by atoms with Gasteiger partial charge in [-0.25, -0.2) is 4.98 Å². The average molecular weight is 411 g/mol. The van der Waals surface area contributed by atoms with Crippen LogP contribution in [-0.2, 0) is 11.2 Å². The lowest BCUT2D eigenvalue weighted by Gasteiger charge is -2.22. The molecule has 0 saturated carbocycles. The number of thiazole rings is 1. The van der Waals surface area contributed by atoms with Gasteiger partial charge >= 0.3 is 0 Å². The van der Waals surface area contributed by atoms with Crippen molar-refractivity contribution in [2.75, 3.05) is 6.54 Å². The van der Waals surface area contributed by atoms with Gasteiger partial charge in [-0.2, -0.15) is 16.3 Å². The minimum Gasteiger partial charge on any atom is -0.339 e. The van der Waals surface area contributed by atoms with E-state index >= 15 is 0 Å². The van der Waals surface area contributed by atoms with Crippen molar-refractivity contribution >= 4 is 38.8 Å². The molecular weight excluding hydrogens is 392 g/mol. The molecule has 0 spiro atoms. The summed E-state index contributed by atoms with van der Waals surface area (Å²) < 4.78 is 6.49. The van der Waals surface area contributed by atoms with E-state index in [1.807, 2.05) is 39.9 Å². The van der Waals surface area contributed by atoms with Crippen LogP contribution in [0, 0.1) is 0 Å². The van der Waals surface area contributed by atoms with Crippen LogP contribution in [0.25, 0.3) is 21.6 Å². The summed E-state index contributed by atoms with van der Waals surface area (Å²) >= 11 is 3.28. The maximum Gasteiger partial charge on any atom is 0.227 e. The van der Waals surface area contributed by atoms with Gasteiger partial charge in [0.15, 0.2) is 0 Å². The van der Waals surface area contributed by atoms with Crippen molar-refractivity contribution in [1.82, 2.24) is 20.0 Å². The predicted molar refractivity (Wildman–Crippen MR) is 109 cm³/mol. The van der Waals surface area contributed by atoms with Crippen LogP contribution in [0.15, 0.2) is 45.6 Å². The second-order valence-electron chi connectivity index (χ2n) is 6.79. The fourth-order valence-corrected chi connectivity index (χ4v) is 5.33. The molecule has 0 radical (unpaired) electrons. The molecule has 1 aliphatic rings. The van der Waals surface area contributed by atoms with E-state index in [1.54, 1.807) is 22.7 Å². The van der Waals surface area contributed by atoms with E-state index in [0.717, 1.165) is 35.5 Å². The normalized spacial score (nSPS) is 16.9. The summed E-state index contributed by atoms with van der Waals surface area (Å²) in [6.45, 7) is 0.781. The molecule has 1 unspecified atom stereocenters. The number of carbonyl (C=O) groups excluding carboxylic acids is 1. The number of thiophene rings is 1. The van der Waals surface area contributed by atoms with Gasteiger partial charge in [0.05, 0.1) is 16.3 Å². The Morgan fingerprint density at radius 2 is 2.18 bits per heavy atom. The minimum absolute atomic E-state index is 0.0777. The van der Waals surface area contributed by atoms with Gasteiger partial charge in [-0.05, 0) is 36.4 Å². The molecule has 0 bridgehead atoms. The molecular formula is C20H18N4O2S2. The highest BCUT2D eigenvalue weighted by atomic mass is 32.1. The summed E-state index contributed by atoms with van der Waals surface area (Å²) in [4.78, 5) is 24.0. The Hall–Kier alpha value is -2.58. The topological polar surface area (TPSA) is 72.1 Å². The molecule has 6 nitrogen and oxygen atoms in total. The molecule has 28 heavy (non-hydrogen) atoms. The lowest BCUT2D eigenvalue weighted by atomic mass is 10.2. The van der Waals surface area contributed by atoms with Gasteiger partial charge in [-0.1, -0.05) is 17.3 Å². The third-order valence-corrected chi connectivity index (χ3v) is 6.79. The number of likely N-dealkylation sites (tertiary alicyclic amines) is 1. The number of nitrogens with zero attached hydrogens (tertiary/aromatic N) is 4. The summed E-state index contributed by atoms with van der Waals surface area (Å²) in [5.74, 6) is 1.21. The number of para-hydroxylation sites is 1. The van der Waals surface area contributed by atoms with Crippen molar-refractivity contribution in [2.24, 2.45) is 0 Å². The van der Waals surface area contributed by atoms with E-state index in [4.69, 9.17) is 9.51 Å². The minimum atomic E-state index is 0.0777. The van der Waals surface area contributed by atoms with Gasteiger partial charge in [0, 0.05) is 30.3 Å². The molecule has 0 N–H and O–H groups in total. The van der Waals surface area contributed by atoms with Gasteiger partial charge in [0.25, 0.3) is 0 Å². The molecule has 1 fully saturated rings. The van der Waals surface area contributed by atoms with E-state index in [9.17, 15) is 4.79 Å². The van der Waals surface area contributed by atoms with Crippen molar-refractivity contribution in [3.8, 4) is 11.4 Å². The Labute approximate surface area is 169 Å². The first kappa shape index (κ1) is 17.5. The van der Waals surface area contributed by atoms with Crippen LogP contribution in [0.5, 0.6) is 0 Å². The highest BCUT2D eigenvalue weighted by molar-refractivity contribution is 7.18. The predicted octanol–water partition coefficient (Wildman–Crippen LogP) is 4.70. The van der Waals surface area contributed by atoms with Crippen LogP contribution >= 0.6 is 22.7 Å². The van der Waals surface area contributed by atoms with Crippen LogP contribution in [0.1, 0.15) is 36.2 Å². The molecule has 0 aliphatic carbocycles. The molecule has 4 aromatic rings. The average Bonchev–Trinajstić information content (AvgIpc) is 3.50. The van der Waals surface area contributed by atoms with Gasteiger partial charge in [0.2, 0.25) is 17.6 Å². The summed E-state index contributed by atoms with van der Waals surface area (Å²) in [7, 11) is 0. The molecule has 1 aliphatic heterocycles. The van der Waals surface area contributed by atoms with Crippen LogP contribution in [-0.4, -0.2) is 32.5 Å². The Morgan fingerprint density at radius 3 is 3.04 bits per heavy atom. The van der Waals surface area contributed by atoms with Crippen LogP contribution in [0.3, 0.4) is 0 Å². The fourth-order valence-electron chi connectivity index (χ4n) is 3.58. The largest absolute Gasteiger partial charge is 0.339 e. The quantitative estimate of drug-likeness (QED) is 0.477. The smallest absolute Gasteiger partial charge is 0.227 e. The standard InChI is InChI=1S/C20H18N4O2S2/c25-18(8-7-17-22-19(23-26-17)13-9-11-27-12-13)24-10-3-5-15(24)20-21-14-4-1-2-6-16(14)28-20/h1-2,4,6,9,11-12,15H,3,5,7-8,10H2. The van der Waals surface area contributed by atoms with Crippen molar-refractivity contribution in [1.29, 1.82) is 0 Å². The van der Waals surface area contributed by atoms with Gasteiger partial charge in [-0.3, -0.25) is 4.79 Å². The number of hydrogen-bond acceptors (Lipinski definition) is 7. The number of aromatic nitrogens is 3. The van der Waals surface area contributed by atoms with Crippen LogP contribution in [0.2, 0.25) is 0 Å². The Bertz CT molecular complexity index is 1070.